The summed E-state index contributed by atoms with van der Waals surface area (Å²) in [6, 6.07) is 1.53. The Hall–Kier alpha value is -2.32. The topological polar surface area (TPSA) is 74.3 Å². The van der Waals surface area contributed by atoms with Crippen LogP contribution in [0.4, 0.5) is 18.0 Å². The molecule has 0 aromatic carbocycles. The molecule has 0 aliphatic carbocycles. The number of amides is 3. The van der Waals surface area contributed by atoms with Gasteiger partial charge in [-0.05, 0) is 37.8 Å². The van der Waals surface area contributed by atoms with Crippen LogP contribution in [0.3, 0.4) is 0 Å². The summed E-state index contributed by atoms with van der Waals surface area (Å²) in [5, 5.41) is 5.72. The number of hydrogen-bond donors (Lipinski definition) is 2. The van der Waals surface area contributed by atoms with Crippen LogP contribution >= 0.6 is 0 Å². The van der Waals surface area contributed by atoms with E-state index in [4.69, 9.17) is 0 Å². The highest BCUT2D eigenvalue weighted by Gasteiger charge is 2.40. The second kappa shape index (κ2) is 7.36. The summed E-state index contributed by atoms with van der Waals surface area (Å²) in [5.41, 5.74) is -0.530. The molecule has 3 rings (SSSR count). The Morgan fingerprint density at radius 2 is 2.15 bits per heavy atom. The van der Waals surface area contributed by atoms with Gasteiger partial charge in [-0.3, -0.25) is 9.78 Å². The van der Waals surface area contributed by atoms with E-state index in [0.717, 1.165) is 31.5 Å². The van der Waals surface area contributed by atoms with E-state index >= 15 is 0 Å². The largest absolute Gasteiger partial charge is 0.433 e. The van der Waals surface area contributed by atoms with E-state index in [1.54, 1.807) is 11.8 Å². The van der Waals surface area contributed by atoms with Crippen molar-refractivity contribution in [2.24, 2.45) is 5.41 Å². The van der Waals surface area contributed by atoms with Crippen LogP contribution in [0.15, 0.2) is 18.3 Å². The van der Waals surface area contributed by atoms with Crippen LogP contribution in [0.1, 0.15) is 49.9 Å². The fourth-order valence-corrected chi connectivity index (χ4v) is 3.76. The molecule has 1 spiro atoms. The third-order valence-electron chi connectivity index (χ3n) is 5.41. The maximum absolute atomic E-state index is 12.6. The molecule has 1 unspecified atom stereocenters. The molecule has 1 aromatic heterocycles. The number of nitrogens with one attached hydrogen (secondary N) is 2. The van der Waals surface area contributed by atoms with Crippen molar-refractivity contribution in [3.05, 3.63) is 29.6 Å². The average Bonchev–Trinajstić information content (AvgIpc) is 2.64. The van der Waals surface area contributed by atoms with Gasteiger partial charge in [0.2, 0.25) is 5.91 Å². The summed E-state index contributed by atoms with van der Waals surface area (Å²) >= 11 is 0. The standard InChI is InChI=1S/C18H23F3N4O2/c1-12(13-3-4-14(22-9-13)18(19,20)21)24-16(27)25-8-2-6-17(11-25)7-5-15(26)23-10-17/h3-4,9,12H,2,5-8,10-11H2,1H3,(H,23,26)(H,24,27)/t12-,17?/m0/s1. The zero-order valence-corrected chi connectivity index (χ0v) is 15.1. The van der Waals surface area contributed by atoms with Gasteiger partial charge >= 0.3 is 12.2 Å². The van der Waals surface area contributed by atoms with Crippen LogP contribution in [0.2, 0.25) is 0 Å². The number of hydrogen-bond acceptors (Lipinski definition) is 3. The molecule has 0 saturated carbocycles. The molecule has 6 nitrogen and oxygen atoms in total. The van der Waals surface area contributed by atoms with E-state index in [-0.39, 0.29) is 17.4 Å². The Kier molecular flexibility index (Phi) is 5.30. The number of rotatable bonds is 2. The van der Waals surface area contributed by atoms with E-state index < -0.39 is 17.9 Å². The Balaban J connectivity index is 1.60. The zero-order valence-electron chi connectivity index (χ0n) is 15.1. The fraction of sp³-hybridized carbons (Fsp3) is 0.611. The van der Waals surface area contributed by atoms with E-state index in [9.17, 15) is 22.8 Å². The minimum absolute atomic E-state index is 0.0469. The second-order valence-corrected chi connectivity index (χ2v) is 7.45. The minimum atomic E-state index is -4.48. The summed E-state index contributed by atoms with van der Waals surface area (Å²) in [4.78, 5) is 29.2. The molecule has 2 N–H and O–H groups in total. The first kappa shape index (κ1) is 19.4. The van der Waals surface area contributed by atoms with Gasteiger partial charge in [-0.15, -0.1) is 0 Å². The van der Waals surface area contributed by atoms with Crippen LogP contribution < -0.4 is 10.6 Å². The molecule has 2 aliphatic rings. The molecule has 27 heavy (non-hydrogen) atoms. The SMILES string of the molecule is C[C@H](NC(=O)N1CCCC2(CCC(=O)NC2)C1)c1ccc(C(F)(F)F)nc1. The molecule has 0 bridgehead atoms. The third-order valence-corrected chi connectivity index (χ3v) is 5.41. The molecule has 0 radical (unpaired) electrons. The zero-order chi connectivity index (χ0) is 19.7. The molecule has 2 aliphatic heterocycles. The minimum Gasteiger partial charge on any atom is -0.355 e. The molecule has 2 saturated heterocycles. The molecule has 1 aromatic rings. The number of aromatic nitrogens is 1. The summed E-state index contributed by atoms with van der Waals surface area (Å²) < 4.78 is 37.8. The normalized spacial score (nSPS) is 24.4. The Morgan fingerprint density at radius 3 is 2.74 bits per heavy atom. The van der Waals surface area contributed by atoms with Crippen LogP contribution in [0, 0.1) is 5.41 Å². The van der Waals surface area contributed by atoms with Crippen LogP contribution in [0.25, 0.3) is 0 Å². The van der Waals surface area contributed by atoms with E-state index in [0.29, 0.717) is 31.6 Å². The van der Waals surface area contributed by atoms with Gasteiger partial charge in [-0.1, -0.05) is 6.07 Å². The highest BCUT2D eigenvalue weighted by atomic mass is 19.4. The van der Waals surface area contributed by atoms with Crippen LogP contribution in [-0.2, 0) is 11.0 Å². The molecule has 2 atom stereocenters. The van der Waals surface area contributed by atoms with Crippen molar-refractivity contribution < 1.29 is 22.8 Å². The van der Waals surface area contributed by atoms with Crippen LogP contribution in [0.5, 0.6) is 0 Å². The maximum atomic E-state index is 12.6. The number of nitrogens with zero attached hydrogens (tertiary/aromatic N) is 2. The number of carbonyl (C=O) groups excluding carboxylic acids is 2. The number of piperidine rings is 2. The van der Waals surface area contributed by atoms with Crippen molar-refractivity contribution in [3.8, 4) is 0 Å². The highest BCUT2D eigenvalue weighted by Crippen LogP contribution is 2.36. The van der Waals surface area contributed by atoms with Gasteiger partial charge in [0.05, 0.1) is 6.04 Å². The smallest absolute Gasteiger partial charge is 0.355 e. The van der Waals surface area contributed by atoms with Gasteiger partial charge in [0.25, 0.3) is 0 Å². The number of urea groups is 1. The third kappa shape index (κ3) is 4.51. The lowest BCUT2D eigenvalue weighted by Crippen LogP contribution is -2.55. The maximum Gasteiger partial charge on any atom is 0.433 e. The molecule has 148 valence electrons. The molecular formula is C18H23F3N4O2. The second-order valence-electron chi connectivity index (χ2n) is 7.45. The van der Waals surface area contributed by atoms with Gasteiger partial charge in [-0.2, -0.15) is 13.2 Å². The van der Waals surface area contributed by atoms with Crippen molar-refractivity contribution in [1.29, 1.82) is 0 Å². The summed E-state index contributed by atoms with van der Waals surface area (Å²) in [7, 11) is 0. The predicted octanol–water partition coefficient (Wildman–Crippen LogP) is 2.86. The van der Waals surface area contributed by atoms with Crippen molar-refractivity contribution >= 4 is 11.9 Å². The number of pyridine rings is 1. The van der Waals surface area contributed by atoms with Gasteiger partial charge in [0.1, 0.15) is 5.69 Å². The van der Waals surface area contributed by atoms with E-state index in [2.05, 4.69) is 15.6 Å². The lowest BCUT2D eigenvalue weighted by atomic mass is 9.74. The first-order valence-corrected chi connectivity index (χ1v) is 9.04. The summed E-state index contributed by atoms with van der Waals surface area (Å²) in [5.74, 6) is 0.0469. The van der Waals surface area contributed by atoms with Crippen molar-refractivity contribution in [2.75, 3.05) is 19.6 Å². The Bertz CT molecular complexity index is 696. The highest BCUT2D eigenvalue weighted by molar-refractivity contribution is 5.77. The van der Waals surface area contributed by atoms with Gasteiger partial charge in [0.15, 0.2) is 0 Å². The van der Waals surface area contributed by atoms with Crippen LogP contribution in [-0.4, -0.2) is 41.5 Å². The van der Waals surface area contributed by atoms with Gasteiger partial charge < -0.3 is 15.5 Å². The average molecular weight is 384 g/mol. The van der Waals surface area contributed by atoms with Gasteiger partial charge in [0, 0.05) is 37.7 Å². The fourth-order valence-electron chi connectivity index (χ4n) is 3.76. The van der Waals surface area contributed by atoms with Crippen molar-refractivity contribution in [2.45, 2.75) is 44.8 Å². The number of halogens is 3. The first-order valence-electron chi connectivity index (χ1n) is 9.04. The van der Waals surface area contributed by atoms with Crippen molar-refractivity contribution in [3.63, 3.8) is 0 Å². The lowest BCUT2D eigenvalue weighted by molar-refractivity contribution is -0.141. The number of carbonyl (C=O) groups is 2. The number of alkyl halides is 3. The first-order chi connectivity index (χ1) is 12.7. The van der Waals surface area contributed by atoms with E-state index in [1.807, 2.05) is 0 Å². The van der Waals surface area contributed by atoms with E-state index in [1.165, 1.54) is 6.07 Å². The predicted molar refractivity (Wildman–Crippen MR) is 91.7 cm³/mol. The molecule has 3 amide bonds. The van der Waals surface area contributed by atoms with Crippen molar-refractivity contribution in [1.82, 2.24) is 20.5 Å². The lowest BCUT2D eigenvalue weighted by Gasteiger charge is -2.45. The summed E-state index contributed by atoms with van der Waals surface area (Å²) in [6.07, 6.45) is -0.274. The van der Waals surface area contributed by atoms with Gasteiger partial charge in [-0.25, -0.2) is 4.79 Å². The summed E-state index contributed by atoms with van der Waals surface area (Å²) in [6.45, 7) is 3.48. The Labute approximate surface area is 155 Å². The molecule has 3 heterocycles. The molecular weight excluding hydrogens is 361 g/mol. The number of likely N-dealkylation sites (tertiary alicyclic amines) is 1. The monoisotopic (exact) mass is 384 g/mol. The molecule has 2 fully saturated rings. The molecule has 9 heteroatoms. The Morgan fingerprint density at radius 1 is 1.37 bits per heavy atom. The quantitative estimate of drug-likeness (QED) is 0.824.